The van der Waals surface area contributed by atoms with Gasteiger partial charge in [-0.1, -0.05) is 35.0 Å². The Labute approximate surface area is 154 Å². The molecular weight excluding hydrogens is 340 g/mol. The fraction of sp³-hybridized carbons (Fsp3) is 0.143. The van der Waals surface area contributed by atoms with Gasteiger partial charge in [-0.15, -0.1) is 11.3 Å². The first-order valence-electron chi connectivity index (χ1n) is 8.55. The molecule has 4 nitrogen and oxygen atoms in total. The summed E-state index contributed by atoms with van der Waals surface area (Å²) < 4.78 is 3.24. The molecule has 0 aliphatic rings. The Morgan fingerprint density at radius 1 is 0.846 bits per heavy atom. The molecule has 0 aliphatic carbocycles. The van der Waals surface area contributed by atoms with E-state index >= 15 is 0 Å². The fourth-order valence-corrected chi connectivity index (χ4v) is 4.92. The van der Waals surface area contributed by atoms with Gasteiger partial charge in [0.25, 0.3) is 5.69 Å². The molecule has 0 aliphatic heterocycles. The third-order valence-electron chi connectivity index (χ3n) is 4.89. The van der Waals surface area contributed by atoms with Gasteiger partial charge in [-0.2, -0.15) is 0 Å². The number of fused-ring (bicyclic) bond motifs is 3. The van der Waals surface area contributed by atoms with Crippen LogP contribution in [0.1, 0.15) is 11.1 Å². The molecule has 0 saturated heterocycles. The first-order chi connectivity index (χ1) is 12.6. The number of para-hydroxylation sites is 2. The van der Waals surface area contributed by atoms with E-state index in [0.29, 0.717) is 5.65 Å². The maximum Gasteiger partial charge on any atom is 0.254 e. The van der Waals surface area contributed by atoms with E-state index < -0.39 is 0 Å². The minimum Gasteiger partial charge on any atom is -0.242 e. The Hall–Kier alpha value is -2.92. The van der Waals surface area contributed by atoms with Crippen LogP contribution in [0.5, 0.6) is 0 Å². The second-order valence-electron chi connectivity index (χ2n) is 6.53. The molecule has 0 N–H and O–H groups in total. The average Bonchev–Trinajstić information content (AvgIpc) is 2.97. The van der Waals surface area contributed by atoms with Crippen molar-refractivity contribution in [1.82, 2.24) is 15.1 Å². The molecule has 0 atom stereocenters. The lowest BCUT2D eigenvalue weighted by Gasteiger charge is -2.06. The predicted molar refractivity (Wildman–Crippen MR) is 106 cm³/mol. The van der Waals surface area contributed by atoms with Gasteiger partial charge in [0.2, 0.25) is 5.65 Å². The smallest absolute Gasteiger partial charge is 0.242 e. The highest BCUT2D eigenvalue weighted by molar-refractivity contribution is 7.22. The zero-order chi connectivity index (χ0) is 17.8. The molecule has 5 heteroatoms. The van der Waals surface area contributed by atoms with Gasteiger partial charge in [-0.3, -0.25) is 0 Å². The van der Waals surface area contributed by atoms with Crippen LogP contribution < -0.4 is 4.68 Å². The lowest BCUT2D eigenvalue weighted by molar-refractivity contribution is -0.718. The van der Waals surface area contributed by atoms with Gasteiger partial charge in [-0.25, -0.2) is 9.97 Å². The van der Waals surface area contributed by atoms with E-state index in [1.807, 2.05) is 47.3 Å². The van der Waals surface area contributed by atoms with Crippen molar-refractivity contribution in [3.63, 3.8) is 0 Å². The Balaban J connectivity index is 1.87. The Morgan fingerprint density at radius 3 is 2.31 bits per heavy atom. The molecule has 26 heavy (non-hydrogen) atoms. The third kappa shape index (κ3) is 2.14. The van der Waals surface area contributed by atoms with Crippen LogP contribution in [0.4, 0.5) is 0 Å². The van der Waals surface area contributed by atoms with Crippen molar-refractivity contribution in [1.29, 1.82) is 0 Å². The second-order valence-corrected chi connectivity index (χ2v) is 7.59. The van der Waals surface area contributed by atoms with Crippen LogP contribution in [0.3, 0.4) is 0 Å². The quantitative estimate of drug-likeness (QED) is 0.328. The molecule has 2 aromatic carbocycles. The summed E-state index contributed by atoms with van der Waals surface area (Å²) in [4.78, 5) is 10.8. The normalized spacial score (nSPS) is 11.7. The van der Waals surface area contributed by atoms with Crippen molar-refractivity contribution in [2.75, 3.05) is 0 Å². The van der Waals surface area contributed by atoms with E-state index in [1.165, 1.54) is 20.5 Å². The number of aryl methyl sites for hydroxylation is 3. The maximum atomic E-state index is 4.85. The monoisotopic (exact) mass is 357 g/mol. The molecule has 0 bridgehead atoms. The maximum absolute atomic E-state index is 4.85. The van der Waals surface area contributed by atoms with Crippen LogP contribution in [-0.4, -0.2) is 15.1 Å². The molecule has 3 aromatic heterocycles. The Kier molecular flexibility index (Phi) is 3.27. The summed E-state index contributed by atoms with van der Waals surface area (Å²) in [6.07, 6.45) is 0. The van der Waals surface area contributed by atoms with Gasteiger partial charge < -0.3 is 0 Å². The molecule has 0 unspecified atom stereocenters. The SMILES string of the molecule is Cc1c(-c2c(C)c3nc4ccccc4nc3n[n+]2C)sc2ccccc12. The zero-order valence-corrected chi connectivity index (χ0v) is 15.6. The summed E-state index contributed by atoms with van der Waals surface area (Å²) in [5.74, 6) is 0. The summed E-state index contributed by atoms with van der Waals surface area (Å²) in [6.45, 7) is 4.30. The molecule has 5 rings (SSSR count). The van der Waals surface area contributed by atoms with Crippen LogP contribution in [0, 0.1) is 13.8 Å². The van der Waals surface area contributed by atoms with Gasteiger partial charge in [0.15, 0.2) is 7.05 Å². The molecule has 3 heterocycles. The lowest BCUT2D eigenvalue weighted by atomic mass is 10.1. The van der Waals surface area contributed by atoms with Gasteiger partial charge in [0, 0.05) is 9.80 Å². The van der Waals surface area contributed by atoms with E-state index in [0.717, 1.165) is 27.8 Å². The van der Waals surface area contributed by atoms with E-state index in [-0.39, 0.29) is 0 Å². The summed E-state index contributed by atoms with van der Waals surface area (Å²) >= 11 is 1.81. The highest BCUT2D eigenvalue weighted by Gasteiger charge is 2.25. The first kappa shape index (κ1) is 15.3. The molecule has 0 fully saturated rings. The van der Waals surface area contributed by atoms with Crippen molar-refractivity contribution >= 4 is 43.6 Å². The number of nitrogens with zero attached hydrogens (tertiary/aromatic N) is 4. The van der Waals surface area contributed by atoms with Gasteiger partial charge in [0.1, 0.15) is 10.4 Å². The highest BCUT2D eigenvalue weighted by atomic mass is 32.1. The Bertz CT molecular complexity index is 1320. The van der Waals surface area contributed by atoms with E-state index in [1.54, 1.807) is 0 Å². The number of hydrogen-bond acceptors (Lipinski definition) is 4. The lowest BCUT2D eigenvalue weighted by Crippen LogP contribution is -2.37. The van der Waals surface area contributed by atoms with Crippen LogP contribution in [0.2, 0.25) is 0 Å². The van der Waals surface area contributed by atoms with E-state index in [4.69, 9.17) is 15.1 Å². The number of hydrogen-bond donors (Lipinski definition) is 0. The van der Waals surface area contributed by atoms with Crippen LogP contribution in [0.15, 0.2) is 48.5 Å². The second kappa shape index (κ2) is 5.54. The van der Waals surface area contributed by atoms with Gasteiger partial charge in [-0.05, 0) is 43.0 Å². The number of aromatic nitrogens is 4. The molecule has 0 amide bonds. The molecule has 126 valence electrons. The Morgan fingerprint density at radius 2 is 1.54 bits per heavy atom. The molecular formula is C21H17N4S+. The van der Waals surface area contributed by atoms with Crippen molar-refractivity contribution in [3.8, 4) is 10.6 Å². The van der Waals surface area contributed by atoms with E-state index in [2.05, 4.69) is 38.1 Å². The highest BCUT2D eigenvalue weighted by Crippen LogP contribution is 2.38. The predicted octanol–water partition coefficient (Wildman–Crippen LogP) is 4.50. The van der Waals surface area contributed by atoms with Crippen LogP contribution in [-0.2, 0) is 7.05 Å². The summed E-state index contributed by atoms with van der Waals surface area (Å²) in [6, 6.07) is 16.5. The van der Waals surface area contributed by atoms with Crippen LogP contribution >= 0.6 is 11.3 Å². The van der Waals surface area contributed by atoms with E-state index in [9.17, 15) is 0 Å². The molecule has 0 saturated carbocycles. The summed E-state index contributed by atoms with van der Waals surface area (Å²) in [5, 5.41) is 6.03. The standard InChI is InChI=1S/C21H17N4S/c1-12-14-8-4-7-11-17(14)26-20(12)19-13(2)18-21(24-25(19)3)23-16-10-6-5-9-15(16)22-18/h4-11H,1-3H3/q+1. The van der Waals surface area contributed by atoms with Gasteiger partial charge >= 0.3 is 0 Å². The number of benzene rings is 2. The fourth-order valence-electron chi connectivity index (χ4n) is 3.58. The minimum absolute atomic E-state index is 0.686. The van der Waals surface area contributed by atoms with Crippen LogP contribution in [0.25, 0.3) is 42.9 Å². The summed E-state index contributed by atoms with van der Waals surface area (Å²) in [7, 11) is 1.99. The topological polar surface area (TPSA) is 42.6 Å². The van der Waals surface area contributed by atoms with Crippen molar-refractivity contribution < 1.29 is 4.68 Å². The third-order valence-corrected chi connectivity index (χ3v) is 6.17. The van der Waals surface area contributed by atoms with Crippen molar-refractivity contribution in [3.05, 3.63) is 59.7 Å². The van der Waals surface area contributed by atoms with Gasteiger partial charge in [0.05, 0.1) is 16.6 Å². The first-order valence-corrected chi connectivity index (χ1v) is 9.37. The largest absolute Gasteiger partial charge is 0.254 e. The number of rotatable bonds is 1. The van der Waals surface area contributed by atoms with Crippen molar-refractivity contribution in [2.24, 2.45) is 7.05 Å². The zero-order valence-electron chi connectivity index (χ0n) is 14.8. The summed E-state index contributed by atoms with van der Waals surface area (Å²) in [5.41, 5.74) is 6.85. The van der Waals surface area contributed by atoms with Crippen molar-refractivity contribution in [2.45, 2.75) is 13.8 Å². The molecule has 0 spiro atoms. The number of thiophene rings is 1. The average molecular weight is 357 g/mol. The minimum atomic E-state index is 0.686. The molecule has 5 aromatic rings. The molecule has 0 radical (unpaired) electrons.